The van der Waals surface area contributed by atoms with Gasteiger partial charge in [-0.05, 0) is 49.7 Å². The average Bonchev–Trinajstić information content (AvgIpc) is 3.27. The molecule has 3 aromatic rings. The summed E-state index contributed by atoms with van der Waals surface area (Å²) < 4.78 is 1.18. The number of carbonyl (C=O) groups excluding carboxylic acids is 1. The predicted octanol–water partition coefficient (Wildman–Crippen LogP) is 4.60. The summed E-state index contributed by atoms with van der Waals surface area (Å²) in [5.41, 5.74) is 2.01. The van der Waals surface area contributed by atoms with Gasteiger partial charge in [0.2, 0.25) is 5.91 Å². The smallest absolute Gasteiger partial charge is 0.238 e. The quantitative estimate of drug-likeness (QED) is 0.699. The molecule has 1 amide bonds. The van der Waals surface area contributed by atoms with Gasteiger partial charge in [-0.25, -0.2) is 4.98 Å². The van der Waals surface area contributed by atoms with Crippen molar-refractivity contribution >= 4 is 44.7 Å². The summed E-state index contributed by atoms with van der Waals surface area (Å²) in [4.78, 5) is 19.4. The van der Waals surface area contributed by atoms with Crippen molar-refractivity contribution in [1.82, 2.24) is 9.88 Å². The van der Waals surface area contributed by atoms with E-state index in [0.29, 0.717) is 22.8 Å². The first kappa shape index (κ1) is 17.9. The lowest BCUT2D eigenvalue weighted by molar-refractivity contribution is -0.117. The molecule has 0 aliphatic carbocycles. The van der Waals surface area contributed by atoms with Crippen LogP contribution in [0.3, 0.4) is 0 Å². The van der Waals surface area contributed by atoms with Crippen LogP contribution < -0.4 is 5.32 Å². The summed E-state index contributed by atoms with van der Waals surface area (Å²) in [7, 11) is 0. The van der Waals surface area contributed by atoms with E-state index in [4.69, 9.17) is 21.8 Å². The SMILES string of the molecule is N#Cc1ccc(NC(=O)CN2CCC[C@@H]2c2nc3ccccc3s2)cc1Cl. The highest BCUT2D eigenvalue weighted by Crippen LogP contribution is 2.36. The molecular formula is C20H17ClN4OS. The molecule has 1 aliphatic heterocycles. The Bertz CT molecular complexity index is 1010. The van der Waals surface area contributed by atoms with E-state index in [1.54, 1.807) is 29.5 Å². The molecule has 1 atom stereocenters. The molecule has 0 spiro atoms. The summed E-state index contributed by atoms with van der Waals surface area (Å²) in [6, 6.07) is 15.2. The van der Waals surface area contributed by atoms with Gasteiger partial charge in [-0.1, -0.05) is 23.7 Å². The molecule has 1 fully saturated rings. The lowest BCUT2D eigenvalue weighted by atomic mass is 10.2. The molecule has 7 heteroatoms. The monoisotopic (exact) mass is 396 g/mol. The van der Waals surface area contributed by atoms with Gasteiger partial charge >= 0.3 is 0 Å². The van der Waals surface area contributed by atoms with Gasteiger partial charge in [-0.3, -0.25) is 9.69 Å². The lowest BCUT2D eigenvalue weighted by Crippen LogP contribution is -2.32. The molecule has 0 saturated carbocycles. The Morgan fingerprint density at radius 2 is 2.22 bits per heavy atom. The third kappa shape index (κ3) is 3.81. The number of para-hydroxylation sites is 1. The first-order valence-electron chi connectivity index (χ1n) is 8.73. The molecule has 4 rings (SSSR count). The van der Waals surface area contributed by atoms with Crippen LogP contribution in [0.5, 0.6) is 0 Å². The van der Waals surface area contributed by atoms with Crippen LogP contribution in [0, 0.1) is 11.3 Å². The Hall–Kier alpha value is -2.46. The van der Waals surface area contributed by atoms with Crippen molar-refractivity contribution < 1.29 is 4.79 Å². The number of nitriles is 1. The number of nitrogens with one attached hydrogen (secondary N) is 1. The summed E-state index contributed by atoms with van der Waals surface area (Å²) in [5.74, 6) is -0.0937. The van der Waals surface area contributed by atoms with E-state index in [1.807, 2.05) is 24.3 Å². The fraction of sp³-hybridized carbons (Fsp3) is 0.250. The first-order chi connectivity index (χ1) is 13.1. The summed E-state index contributed by atoms with van der Waals surface area (Å²) in [6.07, 6.45) is 2.06. The zero-order chi connectivity index (χ0) is 18.8. The second kappa shape index (κ2) is 7.65. The maximum absolute atomic E-state index is 12.5. The second-order valence-corrected chi connectivity index (χ2v) is 7.97. The molecule has 136 valence electrons. The van der Waals surface area contributed by atoms with Crippen molar-refractivity contribution in [1.29, 1.82) is 5.26 Å². The van der Waals surface area contributed by atoms with E-state index in [1.165, 1.54) is 4.70 Å². The fourth-order valence-electron chi connectivity index (χ4n) is 3.40. The molecule has 0 bridgehead atoms. The van der Waals surface area contributed by atoms with Gasteiger partial charge in [0.25, 0.3) is 0 Å². The van der Waals surface area contributed by atoms with E-state index in [9.17, 15) is 4.79 Å². The zero-order valence-electron chi connectivity index (χ0n) is 14.5. The van der Waals surface area contributed by atoms with Crippen LogP contribution >= 0.6 is 22.9 Å². The maximum Gasteiger partial charge on any atom is 0.238 e. The highest BCUT2D eigenvalue weighted by Gasteiger charge is 2.30. The number of anilines is 1. The summed E-state index contributed by atoms with van der Waals surface area (Å²) >= 11 is 7.74. The molecule has 0 unspecified atom stereocenters. The Balaban J connectivity index is 1.45. The number of benzene rings is 2. The molecule has 1 saturated heterocycles. The number of hydrogen-bond acceptors (Lipinski definition) is 5. The van der Waals surface area contributed by atoms with E-state index in [2.05, 4.69) is 16.3 Å². The summed E-state index contributed by atoms with van der Waals surface area (Å²) in [6.45, 7) is 1.18. The minimum Gasteiger partial charge on any atom is -0.325 e. The fourth-order valence-corrected chi connectivity index (χ4v) is 4.76. The van der Waals surface area contributed by atoms with Crippen LogP contribution in [0.4, 0.5) is 5.69 Å². The minimum absolute atomic E-state index is 0.0937. The van der Waals surface area contributed by atoms with Gasteiger partial charge in [-0.15, -0.1) is 11.3 Å². The minimum atomic E-state index is -0.0937. The van der Waals surface area contributed by atoms with E-state index in [0.717, 1.165) is 29.9 Å². The predicted molar refractivity (Wildman–Crippen MR) is 108 cm³/mol. The number of fused-ring (bicyclic) bond motifs is 1. The van der Waals surface area contributed by atoms with Crippen LogP contribution in [0.1, 0.15) is 29.5 Å². The third-order valence-corrected chi connectivity index (χ3v) is 6.13. The molecule has 0 radical (unpaired) electrons. The van der Waals surface area contributed by atoms with Gasteiger partial charge in [0.05, 0.1) is 33.4 Å². The second-order valence-electron chi connectivity index (χ2n) is 6.50. The highest BCUT2D eigenvalue weighted by atomic mass is 35.5. The highest BCUT2D eigenvalue weighted by molar-refractivity contribution is 7.18. The number of nitrogens with zero attached hydrogens (tertiary/aromatic N) is 3. The lowest BCUT2D eigenvalue weighted by Gasteiger charge is -2.22. The van der Waals surface area contributed by atoms with Crippen LogP contribution in [0.25, 0.3) is 10.2 Å². The molecule has 1 aromatic heterocycles. The Labute approximate surface area is 166 Å². The van der Waals surface area contributed by atoms with Crippen LogP contribution in [0.2, 0.25) is 5.02 Å². The number of amides is 1. The number of hydrogen-bond donors (Lipinski definition) is 1. The maximum atomic E-state index is 12.5. The molecule has 1 aliphatic rings. The van der Waals surface area contributed by atoms with Crippen molar-refractivity contribution in [3.05, 3.63) is 58.1 Å². The average molecular weight is 397 g/mol. The number of halogens is 1. The molecule has 1 N–H and O–H groups in total. The molecule has 5 nitrogen and oxygen atoms in total. The van der Waals surface area contributed by atoms with Crippen LogP contribution in [0.15, 0.2) is 42.5 Å². The largest absolute Gasteiger partial charge is 0.325 e. The molecule has 2 aromatic carbocycles. The molecular weight excluding hydrogens is 380 g/mol. The Kier molecular flexibility index (Phi) is 5.08. The standard InChI is InChI=1S/C20H17ClN4OS/c21-15-10-14(8-7-13(15)11-22)23-19(26)12-25-9-3-5-17(25)20-24-16-4-1-2-6-18(16)27-20/h1-2,4,6-8,10,17H,3,5,9,12H2,(H,23,26)/t17-/m1/s1. The van der Waals surface area contributed by atoms with Crippen molar-refractivity contribution in [2.24, 2.45) is 0 Å². The van der Waals surface area contributed by atoms with Crippen molar-refractivity contribution in [3.63, 3.8) is 0 Å². The number of carbonyl (C=O) groups is 1. The van der Waals surface area contributed by atoms with Gasteiger partial charge < -0.3 is 5.32 Å². The molecule has 27 heavy (non-hydrogen) atoms. The van der Waals surface area contributed by atoms with E-state index >= 15 is 0 Å². The third-order valence-electron chi connectivity index (χ3n) is 4.68. The Morgan fingerprint density at radius 3 is 3.00 bits per heavy atom. The van der Waals surface area contributed by atoms with E-state index in [-0.39, 0.29) is 11.9 Å². The van der Waals surface area contributed by atoms with Gasteiger partial charge in [0.15, 0.2) is 0 Å². The van der Waals surface area contributed by atoms with Gasteiger partial charge in [-0.2, -0.15) is 5.26 Å². The van der Waals surface area contributed by atoms with Gasteiger partial charge in [0, 0.05) is 5.69 Å². The topological polar surface area (TPSA) is 69.0 Å². The van der Waals surface area contributed by atoms with Crippen molar-refractivity contribution in [2.75, 3.05) is 18.4 Å². The van der Waals surface area contributed by atoms with Gasteiger partial charge in [0.1, 0.15) is 11.1 Å². The van der Waals surface area contributed by atoms with Crippen molar-refractivity contribution in [3.8, 4) is 6.07 Å². The summed E-state index contributed by atoms with van der Waals surface area (Å²) in [5, 5.41) is 13.2. The first-order valence-corrected chi connectivity index (χ1v) is 9.92. The number of thiazole rings is 1. The van der Waals surface area contributed by atoms with Crippen LogP contribution in [-0.2, 0) is 4.79 Å². The number of likely N-dealkylation sites (tertiary alicyclic amines) is 1. The molecule has 2 heterocycles. The number of rotatable bonds is 4. The van der Waals surface area contributed by atoms with Crippen molar-refractivity contribution in [2.45, 2.75) is 18.9 Å². The zero-order valence-corrected chi connectivity index (χ0v) is 16.1. The van der Waals surface area contributed by atoms with Crippen LogP contribution in [-0.4, -0.2) is 28.9 Å². The Morgan fingerprint density at radius 1 is 1.37 bits per heavy atom. The number of aromatic nitrogens is 1. The normalized spacial score (nSPS) is 17.1. The van der Waals surface area contributed by atoms with E-state index < -0.39 is 0 Å².